The lowest BCUT2D eigenvalue weighted by atomic mass is 10.1. The Hall–Kier alpha value is -1.75. The second-order valence-corrected chi connectivity index (χ2v) is 4.54. The van der Waals surface area contributed by atoms with E-state index in [0.717, 1.165) is 15.5 Å². The predicted molar refractivity (Wildman–Crippen MR) is 72.8 cm³/mol. The van der Waals surface area contributed by atoms with Gasteiger partial charge in [0, 0.05) is 22.0 Å². The number of nitrogens with zero attached hydrogens (tertiary/aromatic N) is 2. The van der Waals surface area contributed by atoms with Crippen LogP contribution in [0.15, 0.2) is 34.6 Å². The molecule has 0 spiro atoms. The van der Waals surface area contributed by atoms with Crippen molar-refractivity contribution in [3.8, 4) is 0 Å². The number of nitrogens with one attached hydrogen (secondary N) is 1. The maximum atomic E-state index is 7.34. The van der Waals surface area contributed by atoms with Gasteiger partial charge in [0.05, 0.1) is 22.9 Å². The molecule has 0 aliphatic carbocycles. The van der Waals surface area contributed by atoms with Crippen LogP contribution in [0.1, 0.15) is 12.6 Å². The zero-order valence-electron chi connectivity index (χ0n) is 9.24. The average Bonchev–Trinajstić information content (AvgIpc) is 2.29. The number of halogens is 1. The molecule has 2 rings (SSSR count). The highest BCUT2D eigenvalue weighted by molar-refractivity contribution is 9.10. The van der Waals surface area contributed by atoms with Gasteiger partial charge in [-0.1, -0.05) is 15.9 Å². The van der Waals surface area contributed by atoms with Gasteiger partial charge in [-0.05, 0) is 25.1 Å². The summed E-state index contributed by atoms with van der Waals surface area (Å²) in [6, 6.07) is 5.69. The SMILES string of the molecule is CC(N)=C(C=N)c1cnc2ccc(Br)cc2n1. The molecule has 2 aromatic rings. The summed E-state index contributed by atoms with van der Waals surface area (Å²) in [5, 5.41) is 7.34. The van der Waals surface area contributed by atoms with E-state index in [4.69, 9.17) is 11.1 Å². The molecular weight excluding hydrogens is 280 g/mol. The monoisotopic (exact) mass is 290 g/mol. The molecule has 0 aliphatic heterocycles. The van der Waals surface area contributed by atoms with E-state index in [2.05, 4.69) is 25.9 Å². The summed E-state index contributed by atoms with van der Waals surface area (Å²) in [5.41, 5.74) is 9.07. The lowest BCUT2D eigenvalue weighted by molar-refractivity contribution is 1.23. The van der Waals surface area contributed by atoms with Gasteiger partial charge < -0.3 is 11.1 Å². The van der Waals surface area contributed by atoms with Crippen molar-refractivity contribution in [2.75, 3.05) is 0 Å². The first-order valence-electron chi connectivity index (χ1n) is 5.01. The molecule has 0 saturated heterocycles. The number of allylic oxidation sites excluding steroid dienone is 2. The van der Waals surface area contributed by atoms with Crippen LogP contribution in [0.4, 0.5) is 0 Å². The molecule has 86 valence electrons. The van der Waals surface area contributed by atoms with E-state index in [0.29, 0.717) is 17.0 Å². The summed E-state index contributed by atoms with van der Waals surface area (Å²) in [5.74, 6) is 0. The van der Waals surface area contributed by atoms with Crippen LogP contribution in [0.5, 0.6) is 0 Å². The Morgan fingerprint density at radius 3 is 2.82 bits per heavy atom. The van der Waals surface area contributed by atoms with Gasteiger partial charge in [0.1, 0.15) is 0 Å². The summed E-state index contributed by atoms with van der Waals surface area (Å²) in [4.78, 5) is 8.74. The Morgan fingerprint density at radius 2 is 2.18 bits per heavy atom. The molecule has 4 nitrogen and oxygen atoms in total. The van der Waals surface area contributed by atoms with Gasteiger partial charge in [0.15, 0.2) is 0 Å². The number of rotatable bonds is 2. The van der Waals surface area contributed by atoms with E-state index < -0.39 is 0 Å². The number of hydrogen-bond acceptors (Lipinski definition) is 4. The highest BCUT2D eigenvalue weighted by Gasteiger charge is 2.05. The highest BCUT2D eigenvalue weighted by Crippen LogP contribution is 2.19. The average molecular weight is 291 g/mol. The fourth-order valence-corrected chi connectivity index (χ4v) is 1.85. The zero-order valence-corrected chi connectivity index (χ0v) is 10.8. The Kier molecular flexibility index (Phi) is 3.19. The summed E-state index contributed by atoms with van der Waals surface area (Å²) >= 11 is 3.39. The normalized spacial score (nSPS) is 12.4. The summed E-state index contributed by atoms with van der Waals surface area (Å²) < 4.78 is 0.946. The molecule has 17 heavy (non-hydrogen) atoms. The van der Waals surface area contributed by atoms with E-state index in [9.17, 15) is 0 Å². The molecule has 0 unspecified atom stereocenters. The van der Waals surface area contributed by atoms with Crippen LogP contribution < -0.4 is 5.73 Å². The minimum Gasteiger partial charge on any atom is -0.402 e. The first kappa shape index (κ1) is 11.7. The van der Waals surface area contributed by atoms with Crippen LogP contribution in [0, 0.1) is 5.41 Å². The third-order valence-electron chi connectivity index (χ3n) is 2.35. The maximum Gasteiger partial charge on any atom is 0.0925 e. The summed E-state index contributed by atoms with van der Waals surface area (Å²) in [7, 11) is 0. The van der Waals surface area contributed by atoms with E-state index in [1.54, 1.807) is 13.1 Å². The van der Waals surface area contributed by atoms with Gasteiger partial charge >= 0.3 is 0 Å². The van der Waals surface area contributed by atoms with E-state index in [1.165, 1.54) is 6.21 Å². The quantitative estimate of drug-likeness (QED) is 0.835. The summed E-state index contributed by atoms with van der Waals surface area (Å²) in [6.07, 6.45) is 2.83. The molecule has 3 N–H and O–H groups in total. The predicted octanol–water partition coefficient (Wildman–Crippen LogP) is 2.73. The Balaban J connectivity index is 2.65. The second kappa shape index (κ2) is 4.63. The van der Waals surface area contributed by atoms with E-state index in [1.807, 2.05) is 18.2 Å². The van der Waals surface area contributed by atoms with Crippen molar-refractivity contribution >= 4 is 38.8 Å². The van der Waals surface area contributed by atoms with Crippen molar-refractivity contribution in [1.82, 2.24) is 9.97 Å². The molecule has 0 saturated carbocycles. The molecule has 0 aliphatic rings. The Labute approximate surface area is 107 Å². The largest absolute Gasteiger partial charge is 0.402 e. The smallest absolute Gasteiger partial charge is 0.0925 e. The minimum absolute atomic E-state index is 0.559. The van der Waals surface area contributed by atoms with Crippen molar-refractivity contribution in [3.63, 3.8) is 0 Å². The maximum absolute atomic E-state index is 7.34. The number of nitrogens with two attached hydrogens (primary N) is 1. The van der Waals surface area contributed by atoms with E-state index in [-0.39, 0.29) is 0 Å². The highest BCUT2D eigenvalue weighted by atomic mass is 79.9. The van der Waals surface area contributed by atoms with Gasteiger partial charge in [-0.2, -0.15) is 0 Å². The van der Waals surface area contributed by atoms with Crippen molar-refractivity contribution in [2.24, 2.45) is 5.73 Å². The van der Waals surface area contributed by atoms with Gasteiger partial charge in [0.25, 0.3) is 0 Å². The van der Waals surface area contributed by atoms with Gasteiger partial charge in [-0.25, -0.2) is 4.98 Å². The molecule has 0 radical (unpaired) electrons. The van der Waals surface area contributed by atoms with Crippen molar-refractivity contribution in [2.45, 2.75) is 6.92 Å². The molecule has 1 heterocycles. The van der Waals surface area contributed by atoms with Crippen LogP contribution in [0.25, 0.3) is 16.6 Å². The molecular formula is C12H11BrN4. The lowest BCUT2D eigenvalue weighted by Crippen LogP contribution is -2.01. The fraction of sp³-hybridized carbons (Fsp3) is 0.0833. The van der Waals surface area contributed by atoms with Crippen LogP contribution in [0.3, 0.4) is 0 Å². The fourth-order valence-electron chi connectivity index (χ4n) is 1.50. The molecule has 1 aromatic heterocycles. The van der Waals surface area contributed by atoms with Gasteiger partial charge in [0.2, 0.25) is 0 Å². The van der Waals surface area contributed by atoms with Gasteiger partial charge in [-0.15, -0.1) is 0 Å². The molecule has 5 heteroatoms. The zero-order chi connectivity index (χ0) is 12.4. The van der Waals surface area contributed by atoms with Crippen molar-refractivity contribution < 1.29 is 0 Å². The van der Waals surface area contributed by atoms with Crippen molar-refractivity contribution in [1.29, 1.82) is 5.41 Å². The van der Waals surface area contributed by atoms with Crippen LogP contribution in [-0.4, -0.2) is 16.2 Å². The third kappa shape index (κ3) is 2.34. The minimum atomic E-state index is 0.559. The van der Waals surface area contributed by atoms with Crippen LogP contribution in [0.2, 0.25) is 0 Å². The third-order valence-corrected chi connectivity index (χ3v) is 2.84. The molecule has 0 atom stereocenters. The second-order valence-electron chi connectivity index (χ2n) is 3.63. The first-order chi connectivity index (χ1) is 8.11. The van der Waals surface area contributed by atoms with Crippen LogP contribution >= 0.6 is 15.9 Å². The molecule has 0 bridgehead atoms. The molecule has 0 amide bonds. The van der Waals surface area contributed by atoms with Gasteiger partial charge in [-0.3, -0.25) is 4.98 Å². The molecule has 0 fully saturated rings. The van der Waals surface area contributed by atoms with Crippen molar-refractivity contribution in [3.05, 3.63) is 40.3 Å². The summed E-state index contributed by atoms with van der Waals surface area (Å²) in [6.45, 7) is 1.74. The Bertz CT molecular complexity index is 615. The number of hydrogen-bond donors (Lipinski definition) is 2. The number of aromatic nitrogens is 2. The molecule has 1 aromatic carbocycles. The lowest BCUT2D eigenvalue weighted by Gasteiger charge is -2.04. The number of benzene rings is 1. The number of fused-ring (bicyclic) bond motifs is 1. The first-order valence-corrected chi connectivity index (χ1v) is 5.80. The Morgan fingerprint density at radius 1 is 1.41 bits per heavy atom. The standard InChI is InChI=1S/C12H11BrN4/c1-7(15)9(5-14)12-6-16-10-3-2-8(13)4-11(10)17-12/h2-6,14H,15H2,1H3. The topological polar surface area (TPSA) is 75.7 Å². The van der Waals surface area contributed by atoms with Crippen LogP contribution in [-0.2, 0) is 0 Å². The van der Waals surface area contributed by atoms with E-state index >= 15 is 0 Å².